The monoisotopic (exact) mass is 272 g/mol. The molecule has 2 rings (SSSR count). The van der Waals surface area contributed by atoms with Crippen LogP contribution in [0.25, 0.3) is 0 Å². The minimum absolute atomic E-state index is 0.293. The van der Waals surface area contributed by atoms with Crippen LogP contribution in [0.3, 0.4) is 0 Å². The second-order valence-corrected chi connectivity index (χ2v) is 4.24. The van der Waals surface area contributed by atoms with E-state index in [9.17, 15) is 4.79 Å². The number of carbonyl (C=O) groups is 1. The summed E-state index contributed by atoms with van der Waals surface area (Å²) in [6.07, 6.45) is 4.07. The van der Waals surface area contributed by atoms with Gasteiger partial charge in [0.1, 0.15) is 5.75 Å². The summed E-state index contributed by atoms with van der Waals surface area (Å²) in [5.74, 6) is 0.115. The molecule has 0 aliphatic carbocycles. The quantitative estimate of drug-likeness (QED) is 0.666. The third-order valence-electron chi connectivity index (χ3n) is 2.75. The number of nitrogens with two attached hydrogens (primary N) is 1. The van der Waals surface area contributed by atoms with E-state index in [1.165, 1.54) is 7.11 Å². The summed E-state index contributed by atoms with van der Waals surface area (Å²) < 4.78 is 10.3. The summed E-state index contributed by atoms with van der Waals surface area (Å²) in [5, 5.41) is 0. The molecule has 0 radical (unpaired) electrons. The van der Waals surface area contributed by atoms with Gasteiger partial charge in [0.15, 0.2) is 0 Å². The van der Waals surface area contributed by atoms with Gasteiger partial charge in [-0.3, -0.25) is 4.98 Å². The van der Waals surface area contributed by atoms with E-state index in [1.54, 1.807) is 30.6 Å². The lowest BCUT2D eigenvalue weighted by molar-refractivity contribution is 0.0509. The largest absolute Gasteiger partial charge is 0.497 e. The van der Waals surface area contributed by atoms with E-state index >= 15 is 0 Å². The number of aromatic nitrogens is 1. The minimum atomic E-state index is -0.417. The number of ether oxygens (including phenoxy) is 2. The highest BCUT2D eigenvalue weighted by Gasteiger charge is 2.09. The molecule has 0 atom stereocenters. The number of hydrogen-bond acceptors (Lipinski definition) is 5. The fraction of sp³-hybridized carbons (Fsp3) is 0.200. The number of rotatable bonds is 5. The SMILES string of the molecule is COc1cc(N)cc(C(=O)OCCc2cccnc2)c1. The highest BCUT2D eigenvalue weighted by Crippen LogP contribution is 2.19. The summed E-state index contributed by atoms with van der Waals surface area (Å²) in [6, 6.07) is 8.59. The Morgan fingerprint density at radius 3 is 2.90 bits per heavy atom. The number of pyridine rings is 1. The zero-order valence-corrected chi connectivity index (χ0v) is 11.2. The summed E-state index contributed by atoms with van der Waals surface area (Å²) in [7, 11) is 1.52. The van der Waals surface area contributed by atoms with Gasteiger partial charge in [-0.05, 0) is 23.8 Å². The number of nitrogens with zero attached hydrogens (tertiary/aromatic N) is 1. The Labute approximate surface area is 117 Å². The average molecular weight is 272 g/mol. The molecule has 0 saturated carbocycles. The van der Waals surface area contributed by atoms with Crippen LogP contribution < -0.4 is 10.5 Å². The lowest BCUT2D eigenvalue weighted by Crippen LogP contribution is -2.09. The maximum Gasteiger partial charge on any atom is 0.338 e. The van der Waals surface area contributed by atoms with Gasteiger partial charge in [-0.15, -0.1) is 0 Å². The molecular weight excluding hydrogens is 256 g/mol. The lowest BCUT2D eigenvalue weighted by Gasteiger charge is -2.07. The van der Waals surface area contributed by atoms with Crippen LogP contribution in [0.1, 0.15) is 15.9 Å². The van der Waals surface area contributed by atoms with E-state index in [2.05, 4.69) is 4.98 Å². The molecule has 0 aliphatic rings. The van der Waals surface area contributed by atoms with Crippen LogP contribution in [-0.2, 0) is 11.2 Å². The standard InChI is InChI=1S/C15H16N2O3/c1-19-14-8-12(7-13(16)9-14)15(18)20-6-4-11-3-2-5-17-10-11/h2-3,5,7-10H,4,6,16H2,1H3. The van der Waals surface area contributed by atoms with Crippen molar-refractivity contribution in [3.8, 4) is 5.75 Å². The molecule has 0 unspecified atom stereocenters. The number of methoxy groups -OCH3 is 1. The predicted octanol–water partition coefficient (Wildman–Crippen LogP) is 2.07. The Bertz CT molecular complexity index is 585. The fourth-order valence-corrected chi connectivity index (χ4v) is 1.75. The smallest absolute Gasteiger partial charge is 0.338 e. The number of benzene rings is 1. The average Bonchev–Trinajstić information content (AvgIpc) is 2.47. The molecule has 0 fully saturated rings. The molecule has 1 heterocycles. The molecule has 0 amide bonds. The molecule has 0 bridgehead atoms. The van der Waals surface area contributed by atoms with Gasteiger partial charge >= 0.3 is 5.97 Å². The molecule has 2 N–H and O–H groups in total. The van der Waals surface area contributed by atoms with Crippen molar-refractivity contribution >= 4 is 11.7 Å². The number of anilines is 1. The van der Waals surface area contributed by atoms with Crippen LogP contribution in [0.2, 0.25) is 0 Å². The van der Waals surface area contributed by atoms with E-state index in [-0.39, 0.29) is 0 Å². The molecule has 5 heteroatoms. The first-order valence-electron chi connectivity index (χ1n) is 6.19. The van der Waals surface area contributed by atoms with E-state index in [0.29, 0.717) is 30.0 Å². The van der Waals surface area contributed by atoms with Gasteiger partial charge in [0, 0.05) is 30.6 Å². The van der Waals surface area contributed by atoms with E-state index in [1.807, 2.05) is 12.1 Å². The van der Waals surface area contributed by atoms with Gasteiger partial charge < -0.3 is 15.2 Å². The number of hydrogen-bond donors (Lipinski definition) is 1. The predicted molar refractivity (Wildman–Crippen MR) is 75.6 cm³/mol. The Kier molecular flexibility index (Phi) is 4.55. The van der Waals surface area contributed by atoms with Crippen LogP contribution in [0.4, 0.5) is 5.69 Å². The third kappa shape index (κ3) is 3.71. The molecule has 0 spiro atoms. The zero-order chi connectivity index (χ0) is 14.4. The van der Waals surface area contributed by atoms with Crippen LogP contribution in [0.15, 0.2) is 42.7 Å². The first kappa shape index (κ1) is 13.9. The first-order valence-corrected chi connectivity index (χ1v) is 6.19. The van der Waals surface area contributed by atoms with Crippen molar-refractivity contribution in [3.05, 3.63) is 53.9 Å². The molecule has 5 nitrogen and oxygen atoms in total. The van der Waals surface area contributed by atoms with Crippen molar-refractivity contribution in [2.75, 3.05) is 19.5 Å². The number of esters is 1. The molecule has 0 aliphatic heterocycles. The normalized spacial score (nSPS) is 10.1. The Balaban J connectivity index is 1.93. The zero-order valence-electron chi connectivity index (χ0n) is 11.2. The maximum atomic E-state index is 11.9. The van der Waals surface area contributed by atoms with Crippen molar-refractivity contribution in [2.24, 2.45) is 0 Å². The molecule has 2 aromatic rings. The van der Waals surface area contributed by atoms with Gasteiger partial charge in [0.25, 0.3) is 0 Å². The van der Waals surface area contributed by atoms with Gasteiger partial charge in [0.2, 0.25) is 0 Å². The van der Waals surface area contributed by atoms with Crippen molar-refractivity contribution in [2.45, 2.75) is 6.42 Å². The molecule has 1 aromatic carbocycles. The summed E-state index contributed by atoms with van der Waals surface area (Å²) in [5.41, 5.74) is 7.56. The van der Waals surface area contributed by atoms with Crippen LogP contribution >= 0.6 is 0 Å². The minimum Gasteiger partial charge on any atom is -0.497 e. The van der Waals surface area contributed by atoms with E-state index in [4.69, 9.17) is 15.2 Å². The van der Waals surface area contributed by atoms with Crippen molar-refractivity contribution in [1.82, 2.24) is 4.98 Å². The Hall–Kier alpha value is -2.56. The molecule has 104 valence electrons. The highest BCUT2D eigenvalue weighted by molar-refractivity contribution is 5.91. The lowest BCUT2D eigenvalue weighted by atomic mass is 10.2. The van der Waals surface area contributed by atoms with Crippen LogP contribution in [-0.4, -0.2) is 24.7 Å². The Morgan fingerprint density at radius 1 is 1.35 bits per heavy atom. The van der Waals surface area contributed by atoms with Crippen molar-refractivity contribution in [3.63, 3.8) is 0 Å². The first-order chi connectivity index (χ1) is 9.69. The molecule has 0 saturated heterocycles. The Morgan fingerprint density at radius 2 is 2.20 bits per heavy atom. The fourth-order valence-electron chi connectivity index (χ4n) is 1.75. The molecule has 20 heavy (non-hydrogen) atoms. The van der Waals surface area contributed by atoms with Gasteiger partial charge in [-0.25, -0.2) is 4.79 Å². The van der Waals surface area contributed by atoms with Gasteiger partial charge in [-0.1, -0.05) is 6.07 Å². The summed E-state index contributed by atoms with van der Waals surface area (Å²) in [6.45, 7) is 0.293. The van der Waals surface area contributed by atoms with E-state index < -0.39 is 5.97 Å². The topological polar surface area (TPSA) is 74.4 Å². The molecular formula is C15H16N2O3. The van der Waals surface area contributed by atoms with Crippen molar-refractivity contribution < 1.29 is 14.3 Å². The second kappa shape index (κ2) is 6.56. The van der Waals surface area contributed by atoms with Gasteiger partial charge in [-0.2, -0.15) is 0 Å². The summed E-state index contributed by atoms with van der Waals surface area (Å²) in [4.78, 5) is 15.9. The third-order valence-corrected chi connectivity index (χ3v) is 2.75. The second-order valence-electron chi connectivity index (χ2n) is 4.24. The van der Waals surface area contributed by atoms with Crippen molar-refractivity contribution in [1.29, 1.82) is 0 Å². The van der Waals surface area contributed by atoms with Crippen LogP contribution in [0.5, 0.6) is 5.75 Å². The number of carbonyl (C=O) groups excluding carboxylic acids is 1. The van der Waals surface area contributed by atoms with Gasteiger partial charge in [0.05, 0.1) is 19.3 Å². The van der Waals surface area contributed by atoms with Crippen LogP contribution in [0, 0.1) is 0 Å². The summed E-state index contributed by atoms with van der Waals surface area (Å²) >= 11 is 0. The molecule has 1 aromatic heterocycles. The van der Waals surface area contributed by atoms with E-state index in [0.717, 1.165) is 5.56 Å². The number of nitrogen functional groups attached to an aromatic ring is 1. The maximum absolute atomic E-state index is 11.9. The highest BCUT2D eigenvalue weighted by atomic mass is 16.5.